The molecule has 1 aliphatic rings. The highest BCUT2D eigenvalue weighted by atomic mass is 16.5. The van der Waals surface area contributed by atoms with Gasteiger partial charge in [0.1, 0.15) is 12.4 Å². The Balaban J connectivity index is 1.60. The van der Waals surface area contributed by atoms with Gasteiger partial charge in [-0.15, -0.1) is 0 Å². The molecule has 3 nitrogen and oxygen atoms in total. The normalized spacial score (nSPS) is 16.3. The summed E-state index contributed by atoms with van der Waals surface area (Å²) in [5.74, 6) is 1.86. The monoisotopic (exact) mass is 223 g/mol. The number of hydrogen-bond donors (Lipinski definition) is 1. The third-order valence-electron chi connectivity index (χ3n) is 3.23. The van der Waals surface area contributed by atoms with Crippen LogP contribution in [0.2, 0.25) is 0 Å². The molecule has 1 saturated carbocycles. The van der Waals surface area contributed by atoms with Gasteiger partial charge in [0, 0.05) is 18.7 Å². The molecule has 0 aliphatic heterocycles. The van der Waals surface area contributed by atoms with Crippen LogP contribution >= 0.6 is 0 Å². The zero-order valence-corrected chi connectivity index (χ0v) is 10.00. The van der Waals surface area contributed by atoms with Gasteiger partial charge < -0.3 is 14.5 Å². The van der Waals surface area contributed by atoms with E-state index in [-0.39, 0.29) is 0 Å². The average Bonchev–Trinajstić information content (AvgIpc) is 2.63. The van der Waals surface area contributed by atoms with Crippen molar-refractivity contribution in [2.45, 2.75) is 38.8 Å². The minimum atomic E-state index is 0.608. The second-order valence-electron chi connectivity index (χ2n) is 4.59. The van der Waals surface area contributed by atoms with Crippen LogP contribution in [0, 0.1) is 5.92 Å². The Morgan fingerprint density at radius 3 is 3.06 bits per heavy atom. The number of hydrogen-bond acceptors (Lipinski definition) is 3. The van der Waals surface area contributed by atoms with Gasteiger partial charge in [-0.2, -0.15) is 0 Å². The molecule has 0 atom stereocenters. The van der Waals surface area contributed by atoms with Gasteiger partial charge in [-0.25, -0.2) is 0 Å². The van der Waals surface area contributed by atoms with E-state index in [1.54, 1.807) is 6.26 Å². The Morgan fingerprint density at radius 2 is 2.38 bits per heavy atom. The van der Waals surface area contributed by atoms with Gasteiger partial charge >= 0.3 is 0 Å². The molecule has 1 fully saturated rings. The summed E-state index contributed by atoms with van der Waals surface area (Å²) in [5.41, 5.74) is 1.18. The lowest BCUT2D eigenvalue weighted by molar-refractivity contribution is 0.0836. The minimum absolute atomic E-state index is 0.608. The summed E-state index contributed by atoms with van der Waals surface area (Å²) in [6.07, 6.45) is 7.22. The molecule has 0 aromatic carbocycles. The highest BCUT2D eigenvalue weighted by Gasteiger charge is 2.16. The summed E-state index contributed by atoms with van der Waals surface area (Å²) in [4.78, 5) is 0. The molecule has 1 aromatic heterocycles. The molecule has 2 rings (SSSR count). The standard InChI is InChI=1S/C13H21NO2/c1-14-8-12-7-13(16-9-12)10-15-6-5-11-3-2-4-11/h7,9,11,14H,2-6,8,10H2,1H3. The molecule has 1 aliphatic carbocycles. The fourth-order valence-corrected chi connectivity index (χ4v) is 2.00. The Kier molecular flexibility index (Phi) is 4.43. The van der Waals surface area contributed by atoms with Gasteiger partial charge in [-0.3, -0.25) is 0 Å². The molecule has 0 radical (unpaired) electrons. The van der Waals surface area contributed by atoms with Crippen LogP contribution in [0.4, 0.5) is 0 Å². The van der Waals surface area contributed by atoms with Gasteiger partial charge in [0.15, 0.2) is 0 Å². The third kappa shape index (κ3) is 3.35. The summed E-state index contributed by atoms with van der Waals surface area (Å²) in [7, 11) is 1.93. The maximum atomic E-state index is 5.60. The quantitative estimate of drug-likeness (QED) is 0.722. The van der Waals surface area contributed by atoms with E-state index in [0.29, 0.717) is 6.61 Å². The van der Waals surface area contributed by atoms with Gasteiger partial charge in [0.25, 0.3) is 0 Å². The van der Waals surface area contributed by atoms with Crippen molar-refractivity contribution in [2.75, 3.05) is 13.7 Å². The maximum absolute atomic E-state index is 5.60. The summed E-state index contributed by atoms with van der Waals surface area (Å²) in [5, 5.41) is 3.09. The van der Waals surface area contributed by atoms with E-state index in [0.717, 1.165) is 24.8 Å². The smallest absolute Gasteiger partial charge is 0.129 e. The second-order valence-corrected chi connectivity index (χ2v) is 4.59. The summed E-state index contributed by atoms with van der Waals surface area (Å²) in [6, 6.07) is 2.06. The largest absolute Gasteiger partial charge is 0.467 e. The highest BCUT2D eigenvalue weighted by molar-refractivity contribution is 5.11. The molecule has 16 heavy (non-hydrogen) atoms. The lowest BCUT2D eigenvalue weighted by atomic mass is 9.83. The van der Waals surface area contributed by atoms with Gasteiger partial charge in [0.2, 0.25) is 0 Å². The molecule has 90 valence electrons. The lowest BCUT2D eigenvalue weighted by Crippen LogP contribution is -2.13. The molecular weight excluding hydrogens is 202 g/mol. The highest BCUT2D eigenvalue weighted by Crippen LogP contribution is 2.29. The zero-order chi connectivity index (χ0) is 11.2. The predicted octanol–water partition coefficient (Wildman–Crippen LogP) is 2.71. The molecule has 0 amide bonds. The number of rotatable bonds is 7. The van der Waals surface area contributed by atoms with Crippen LogP contribution in [0.1, 0.15) is 37.0 Å². The number of ether oxygens (including phenoxy) is 1. The van der Waals surface area contributed by atoms with Crippen LogP contribution in [0.3, 0.4) is 0 Å². The van der Waals surface area contributed by atoms with Crippen molar-refractivity contribution in [1.82, 2.24) is 5.32 Å². The first-order valence-corrected chi connectivity index (χ1v) is 6.17. The van der Waals surface area contributed by atoms with Gasteiger partial charge in [-0.05, 0) is 25.5 Å². The van der Waals surface area contributed by atoms with Crippen LogP contribution in [-0.4, -0.2) is 13.7 Å². The second kappa shape index (κ2) is 6.06. The van der Waals surface area contributed by atoms with E-state index < -0.39 is 0 Å². The van der Waals surface area contributed by atoms with Crippen molar-refractivity contribution in [3.63, 3.8) is 0 Å². The van der Waals surface area contributed by atoms with Crippen molar-refractivity contribution in [2.24, 2.45) is 5.92 Å². The van der Waals surface area contributed by atoms with E-state index in [1.807, 2.05) is 7.05 Å². The van der Waals surface area contributed by atoms with E-state index in [4.69, 9.17) is 9.15 Å². The van der Waals surface area contributed by atoms with Crippen molar-refractivity contribution in [3.05, 3.63) is 23.7 Å². The Hall–Kier alpha value is -0.800. The van der Waals surface area contributed by atoms with E-state index in [2.05, 4.69) is 11.4 Å². The van der Waals surface area contributed by atoms with Crippen LogP contribution in [-0.2, 0) is 17.9 Å². The van der Waals surface area contributed by atoms with E-state index in [1.165, 1.54) is 31.2 Å². The lowest BCUT2D eigenvalue weighted by Gasteiger charge is -2.24. The molecule has 0 saturated heterocycles. The van der Waals surface area contributed by atoms with Crippen LogP contribution in [0.15, 0.2) is 16.7 Å². The van der Waals surface area contributed by atoms with Crippen molar-refractivity contribution >= 4 is 0 Å². The molecule has 1 heterocycles. The summed E-state index contributed by atoms with van der Waals surface area (Å²) >= 11 is 0. The predicted molar refractivity (Wildman–Crippen MR) is 63.1 cm³/mol. The average molecular weight is 223 g/mol. The topological polar surface area (TPSA) is 34.4 Å². The third-order valence-corrected chi connectivity index (χ3v) is 3.23. The Labute approximate surface area is 97.2 Å². The van der Waals surface area contributed by atoms with Crippen molar-refractivity contribution in [1.29, 1.82) is 0 Å². The molecule has 0 spiro atoms. The zero-order valence-electron chi connectivity index (χ0n) is 10.00. The Morgan fingerprint density at radius 1 is 1.50 bits per heavy atom. The van der Waals surface area contributed by atoms with Crippen molar-refractivity contribution in [3.8, 4) is 0 Å². The van der Waals surface area contributed by atoms with Gasteiger partial charge in [-0.1, -0.05) is 19.3 Å². The molecule has 0 unspecified atom stereocenters. The molecule has 1 N–H and O–H groups in total. The minimum Gasteiger partial charge on any atom is -0.467 e. The SMILES string of the molecule is CNCc1coc(COCCC2CCC2)c1. The van der Waals surface area contributed by atoms with Crippen LogP contribution < -0.4 is 5.32 Å². The van der Waals surface area contributed by atoms with E-state index in [9.17, 15) is 0 Å². The Bertz CT molecular complexity index is 305. The fraction of sp³-hybridized carbons (Fsp3) is 0.692. The molecule has 1 aromatic rings. The summed E-state index contributed by atoms with van der Waals surface area (Å²) in [6.45, 7) is 2.33. The molecule has 3 heteroatoms. The first-order valence-electron chi connectivity index (χ1n) is 6.17. The number of nitrogens with one attached hydrogen (secondary N) is 1. The molecule has 0 bridgehead atoms. The maximum Gasteiger partial charge on any atom is 0.129 e. The summed E-state index contributed by atoms with van der Waals surface area (Å²) < 4.78 is 11.0. The van der Waals surface area contributed by atoms with Gasteiger partial charge in [0.05, 0.1) is 6.26 Å². The first-order chi connectivity index (χ1) is 7.88. The van der Waals surface area contributed by atoms with Crippen LogP contribution in [0.5, 0.6) is 0 Å². The molecular formula is C13H21NO2. The van der Waals surface area contributed by atoms with Crippen molar-refractivity contribution < 1.29 is 9.15 Å². The van der Waals surface area contributed by atoms with E-state index >= 15 is 0 Å². The number of furan rings is 1. The first kappa shape index (κ1) is 11.7. The van der Waals surface area contributed by atoms with Crippen LogP contribution in [0.25, 0.3) is 0 Å². The fourth-order valence-electron chi connectivity index (χ4n) is 2.00.